The van der Waals surface area contributed by atoms with Crippen LogP contribution in [0, 0.1) is 11.8 Å². The zero-order valence-corrected chi connectivity index (χ0v) is 18.2. The lowest BCUT2D eigenvalue weighted by atomic mass is 10.2. The molecule has 0 unspecified atom stereocenters. The maximum atomic E-state index is 12.5. The number of amides is 2. The van der Waals surface area contributed by atoms with Crippen LogP contribution in [-0.2, 0) is 9.53 Å². The number of carbonyl (C=O) groups excluding carboxylic acids is 2. The standard InChI is InChI=1S/C24H20N4O6/c1-31-21-7-5-17-22(27-21)15(8-10-25-17)3-2-9-26-23(29)20-14-28(24(30)34-20)16-4-6-18-19(13-16)33-12-11-32-18/h4-8,10,13,20H,9,11-12,14H2,1H3,(H,26,29)/t20-/m0/s1. The smallest absolute Gasteiger partial charge is 0.415 e. The molecule has 3 aromatic rings. The molecule has 1 aromatic carbocycles. The maximum absolute atomic E-state index is 12.5. The summed E-state index contributed by atoms with van der Waals surface area (Å²) in [4.78, 5) is 34.9. The molecule has 1 atom stereocenters. The second kappa shape index (κ2) is 9.15. The molecule has 2 aromatic heterocycles. The lowest BCUT2D eigenvalue weighted by molar-refractivity contribution is -0.127. The second-order valence-electron chi connectivity index (χ2n) is 7.41. The summed E-state index contributed by atoms with van der Waals surface area (Å²) in [6.45, 7) is 1.07. The molecule has 0 bridgehead atoms. The van der Waals surface area contributed by atoms with E-state index in [1.54, 1.807) is 42.6 Å². The van der Waals surface area contributed by atoms with Gasteiger partial charge in [-0.25, -0.2) is 9.78 Å². The zero-order chi connectivity index (χ0) is 23.5. The van der Waals surface area contributed by atoms with Gasteiger partial charge >= 0.3 is 6.09 Å². The van der Waals surface area contributed by atoms with Gasteiger partial charge in [-0.1, -0.05) is 11.8 Å². The molecule has 1 saturated heterocycles. The Morgan fingerprint density at radius 3 is 2.91 bits per heavy atom. The van der Waals surface area contributed by atoms with Gasteiger partial charge in [0.2, 0.25) is 5.88 Å². The summed E-state index contributed by atoms with van der Waals surface area (Å²) >= 11 is 0. The summed E-state index contributed by atoms with van der Waals surface area (Å²) in [6.07, 6.45) is 0.0881. The van der Waals surface area contributed by atoms with E-state index in [9.17, 15) is 9.59 Å². The second-order valence-corrected chi connectivity index (χ2v) is 7.41. The van der Waals surface area contributed by atoms with Gasteiger partial charge in [0.05, 0.1) is 37.0 Å². The first-order valence-corrected chi connectivity index (χ1v) is 10.6. The SMILES string of the molecule is COc1ccc2nccc(C#CCNC(=O)[C@@H]3CN(c4ccc5c(c4)OCCO5)C(=O)O3)c2n1. The molecule has 2 aliphatic rings. The minimum Gasteiger partial charge on any atom is -0.486 e. The predicted octanol–water partition coefficient (Wildman–Crippen LogP) is 1.90. The number of pyridine rings is 2. The lowest BCUT2D eigenvalue weighted by Crippen LogP contribution is -2.37. The Bertz CT molecular complexity index is 1330. The summed E-state index contributed by atoms with van der Waals surface area (Å²) in [6, 6.07) is 10.4. The van der Waals surface area contributed by atoms with Crippen molar-refractivity contribution < 1.29 is 28.5 Å². The first kappa shape index (κ1) is 21.3. The van der Waals surface area contributed by atoms with Crippen LogP contribution in [0.3, 0.4) is 0 Å². The van der Waals surface area contributed by atoms with Crippen LogP contribution in [0.5, 0.6) is 17.4 Å². The molecule has 0 saturated carbocycles. The van der Waals surface area contributed by atoms with Crippen LogP contribution in [0.15, 0.2) is 42.6 Å². The molecule has 2 amide bonds. The van der Waals surface area contributed by atoms with Gasteiger partial charge in [0.25, 0.3) is 5.91 Å². The molecule has 34 heavy (non-hydrogen) atoms. The van der Waals surface area contributed by atoms with E-state index >= 15 is 0 Å². The van der Waals surface area contributed by atoms with Crippen molar-refractivity contribution in [1.82, 2.24) is 15.3 Å². The Morgan fingerprint density at radius 1 is 1.21 bits per heavy atom. The van der Waals surface area contributed by atoms with Gasteiger partial charge in [-0.2, -0.15) is 0 Å². The van der Waals surface area contributed by atoms with Gasteiger partial charge in [-0.15, -0.1) is 0 Å². The fraction of sp³-hybridized carbons (Fsp3) is 0.250. The van der Waals surface area contributed by atoms with Gasteiger partial charge in [0, 0.05) is 18.3 Å². The Balaban J connectivity index is 1.22. The molecular formula is C24H20N4O6. The van der Waals surface area contributed by atoms with Gasteiger partial charge in [-0.3, -0.25) is 14.7 Å². The van der Waals surface area contributed by atoms with Crippen molar-refractivity contribution >= 4 is 28.7 Å². The molecule has 2 aliphatic heterocycles. The van der Waals surface area contributed by atoms with Crippen molar-refractivity contribution in [1.29, 1.82) is 0 Å². The number of nitrogens with zero attached hydrogens (tertiary/aromatic N) is 3. The molecule has 5 rings (SSSR count). The maximum Gasteiger partial charge on any atom is 0.415 e. The van der Waals surface area contributed by atoms with E-state index in [0.29, 0.717) is 52.9 Å². The normalized spacial score (nSPS) is 16.4. The molecule has 4 heterocycles. The Morgan fingerprint density at radius 2 is 2.06 bits per heavy atom. The van der Waals surface area contributed by atoms with Crippen LogP contribution in [0.4, 0.5) is 10.5 Å². The van der Waals surface area contributed by atoms with E-state index in [-0.39, 0.29) is 13.1 Å². The number of cyclic esters (lactones) is 1. The fourth-order valence-electron chi connectivity index (χ4n) is 3.62. The third-order valence-corrected chi connectivity index (χ3v) is 5.28. The number of hydrogen-bond acceptors (Lipinski definition) is 8. The minimum atomic E-state index is -0.949. The van der Waals surface area contributed by atoms with Crippen LogP contribution >= 0.6 is 0 Å². The average Bonchev–Trinajstić information content (AvgIpc) is 3.27. The van der Waals surface area contributed by atoms with Crippen LogP contribution in [0.1, 0.15) is 5.56 Å². The quantitative estimate of drug-likeness (QED) is 0.588. The number of fused-ring (bicyclic) bond motifs is 2. The number of anilines is 1. The highest BCUT2D eigenvalue weighted by atomic mass is 16.6. The number of nitrogens with one attached hydrogen (secondary N) is 1. The van der Waals surface area contributed by atoms with Crippen molar-refractivity contribution in [3.63, 3.8) is 0 Å². The topological polar surface area (TPSA) is 112 Å². The van der Waals surface area contributed by atoms with Gasteiger partial charge in [0.1, 0.15) is 18.7 Å². The van der Waals surface area contributed by atoms with Crippen LogP contribution in [0.2, 0.25) is 0 Å². The Labute approximate surface area is 194 Å². The van der Waals surface area contributed by atoms with Gasteiger partial charge in [0.15, 0.2) is 17.6 Å². The minimum absolute atomic E-state index is 0.0741. The number of ether oxygens (including phenoxy) is 4. The first-order valence-electron chi connectivity index (χ1n) is 10.6. The highest BCUT2D eigenvalue weighted by Crippen LogP contribution is 2.35. The largest absolute Gasteiger partial charge is 0.486 e. The number of aromatic nitrogens is 2. The third-order valence-electron chi connectivity index (χ3n) is 5.28. The molecular weight excluding hydrogens is 440 g/mol. The molecule has 10 nitrogen and oxygen atoms in total. The molecule has 0 radical (unpaired) electrons. The number of benzene rings is 1. The molecule has 10 heteroatoms. The van der Waals surface area contributed by atoms with Gasteiger partial charge in [-0.05, 0) is 24.3 Å². The van der Waals surface area contributed by atoms with Crippen LogP contribution in [-0.4, -0.2) is 61.5 Å². The molecule has 1 fully saturated rings. The summed E-state index contributed by atoms with van der Waals surface area (Å²) in [7, 11) is 1.54. The average molecular weight is 460 g/mol. The van der Waals surface area contributed by atoms with E-state index in [1.165, 1.54) is 12.0 Å². The summed E-state index contributed by atoms with van der Waals surface area (Å²) < 4.78 is 21.5. The van der Waals surface area contributed by atoms with E-state index in [4.69, 9.17) is 18.9 Å². The van der Waals surface area contributed by atoms with Crippen molar-refractivity contribution in [3.05, 3.63) is 48.2 Å². The lowest BCUT2D eigenvalue weighted by Gasteiger charge is -2.20. The summed E-state index contributed by atoms with van der Waals surface area (Å²) in [5, 5.41) is 2.69. The van der Waals surface area contributed by atoms with E-state index in [0.717, 1.165) is 0 Å². The predicted molar refractivity (Wildman–Crippen MR) is 121 cm³/mol. The van der Waals surface area contributed by atoms with E-state index < -0.39 is 18.1 Å². The van der Waals surface area contributed by atoms with E-state index in [1.807, 2.05) is 0 Å². The highest BCUT2D eigenvalue weighted by Gasteiger charge is 2.37. The molecule has 1 N–H and O–H groups in total. The van der Waals surface area contributed by atoms with Crippen molar-refractivity contribution in [2.24, 2.45) is 0 Å². The first-order chi connectivity index (χ1) is 16.6. The summed E-state index contributed by atoms with van der Waals surface area (Å²) in [5.41, 5.74) is 2.53. The van der Waals surface area contributed by atoms with Crippen molar-refractivity contribution in [2.45, 2.75) is 6.10 Å². The highest BCUT2D eigenvalue weighted by molar-refractivity contribution is 5.96. The summed E-state index contributed by atoms with van der Waals surface area (Å²) in [5.74, 6) is 7.09. The fourth-order valence-corrected chi connectivity index (χ4v) is 3.62. The zero-order valence-electron chi connectivity index (χ0n) is 18.2. The molecule has 172 valence electrons. The molecule has 0 spiro atoms. The van der Waals surface area contributed by atoms with Crippen LogP contribution in [0.25, 0.3) is 11.0 Å². The van der Waals surface area contributed by atoms with Gasteiger partial charge < -0.3 is 24.3 Å². The van der Waals surface area contributed by atoms with E-state index in [2.05, 4.69) is 27.1 Å². The van der Waals surface area contributed by atoms with Crippen LogP contribution < -0.4 is 24.4 Å². The molecule has 0 aliphatic carbocycles. The Hall–Kier alpha value is -4.52. The number of methoxy groups -OCH3 is 1. The number of hydrogen-bond donors (Lipinski definition) is 1. The Kier molecular flexibility index (Phi) is 5.74. The monoisotopic (exact) mass is 460 g/mol. The number of rotatable bonds is 4. The van der Waals surface area contributed by atoms with Crippen molar-refractivity contribution in [3.8, 4) is 29.2 Å². The third kappa shape index (κ3) is 4.23. The number of carbonyl (C=O) groups is 2. The van der Waals surface area contributed by atoms with Crippen molar-refractivity contribution in [2.75, 3.05) is 38.3 Å².